The Balaban J connectivity index is 1.98. The fraction of sp³-hybridized carbons (Fsp3) is 0.591. The highest BCUT2D eigenvalue weighted by atomic mass is 19.1. The highest BCUT2D eigenvalue weighted by Crippen LogP contribution is 2.36. The number of halogens is 1. The van der Waals surface area contributed by atoms with Crippen molar-refractivity contribution in [1.82, 2.24) is 15.3 Å². The van der Waals surface area contributed by atoms with Crippen molar-refractivity contribution in [3.63, 3.8) is 0 Å². The van der Waals surface area contributed by atoms with Gasteiger partial charge in [-0.3, -0.25) is 0 Å². The molecule has 3 rings (SSSR count). The van der Waals surface area contributed by atoms with Gasteiger partial charge in [0.05, 0.1) is 62.0 Å². The maximum absolute atomic E-state index is 15.1. The average Bonchev–Trinajstić information content (AvgIpc) is 2.72. The molecule has 0 spiro atoms. The summed E-state index contributed by atoms with van der Waals surface area (Å²) < 4.78 is 20.9. The number of nitrogens with zero attached hydrogens (tertiary/aromatic N) is 3. The summed E-state index contributed by atoms with van der Waals surface area (Å²) >= 11 is 0. The van der Waals surface area contributed by atoms with Crippen LogP contribution in [0, 0.1) is 5.82 Å². The highest BCUT2D eigenvalue weighted by molar-refractivity contribution is 5.79. The van der Waals surface area contributed by atoms with Gasteiger partial charge in [0, 0.05) is 24.4 Å². The second-order valence-electron chi connectivity index (χ2n) is 9.27. The Labute approximate surface area is 181 Å². The van der Waals surface area contributed by atoms with Gasteiger partial charge in [0.25, 0.3) is 0 Å². The van der Waals surface area contributed by atoms with E-state index >= 15 is 4.39 Å². The standard InChI is InChI=1S/C22H31FN4O4/c1-22(2,3)27(9-7-15(8-10-27)25-21(29)30)12-14(13-28)19-16(23)5-6-17-20(19)26-18(31-4)11-24-17/h5-6,11,14-15,25,28H,7-10,12-13H2,1-4H3. The zero-order chi connectivity index (χ0) is 22.8. The van der Waals surface area contributed by atoms with Crippen LogP contribution < -0.4 is 15.2 Å². The SMILES string of the molecule is COc1cnc2ccc(F)c(C(CO)C[N+]3(C(C)(C)C)CCC(NC(=O)[O-])CC3)c2n1. The average molecular weight is 435 g/mol. The number of carbonyl (C=O) groups is 1. The molecule has 0 radical (unpaired) electrons. The summed E-state index contributed by atoms with van der Waals surface area (Å²) in [5.41, 5.74) is 1.07. The second kappa shape index (κ2) is 8.92. The van der Waals surface area contributed by atoms with Crippen LogP contribution in [-0.2, 0) is 0 Å². The van der Waals surface area contributed by atoms with Crippen LogP contribution in [0.3, 0.4) is 0 Å². The minimum absolute atomic E-state index is 0.157. The third-order valence-corrected chi connectivity index (χ3v) is 6.64. The molecule has 1 saturated heterocycles. The number of aromatic nitrogens is 2. The first kappa shape index (κ1) is 23.1. The van der Waals surface area contributed by atoms with Crippen molar-refractivity contribution in [3.8, 4) is 5.88 Å². The predicted octanol–water partition coefficient (Wildman–Crippen LogP) is 1.56. The van der Waals surface area contributed by atoms with Crippen molar-refractivity contribution < 1.29 is 28.6 Å². The van der Waals surface area contributed by atoms with Gasteiger partial charge in [0.2, 0.25) is 5.88 Å². The maximum atomic E-state index is 15.1. The van der Waals surface area contributed by atoms with Crippen LogP contribution in [0.2, 0.25) is 0 Å². The summed E-state index contributed by atoms with van der Waals surface area (Å²) in [7, 11) is 1.48. The van der Waals surface area contributed by atoms with Crippen LogP contribution in [0.5, 0.6) is 5.88 Å². The largest absolute Gasteiger partial charge is 0.530 e. The summed E-state index contributed by atoms with van der Waals surface area (Å²) in [4.78, 5) is 19.7. The van der Waals surface area contributed by atoms with Gasteiger partial charge in [-0.05, 0) is 32.9 Å². The Hall–Kier alpha value is -2.52. The quantitative estimate of drug-likeness (QED) is 0.669. The molecule has 0 aliphatic carbocycles. The van der Waals surface area contributed by atoms with Gasteiger partial charge in [-0.25, -0.2) is 14.4 Å². The molecule has 31 heavy (non-hydrogen) atoms. The lowest BCUT2D eigenvalue weighted by molar-refractivity contribution is -0.976. The topological polar surface area (TPSA) is 107 Å². The molecule has 170 valence electrons. The van der Waals surface area contributed by atoms with Gasteiger partial charge in [-0.15, -0.1) is 0 Å². The molecular weight excluding hydrogens is 403 g/mol. The Morgan fingerprint density at radius 1 is 1.39 bits per heavy atom. The highest BCUT2D eigenvalue weighted by Gasteiger charge is 2.45. The van der Waals surface area contributed by atoms with Crippen LogP contribution in [0.1, 0.15) is 45.1 Å². The number of aliphatic hydroxyl groups is 1. The first-order valence-corrected chi connectivity index (χ1v) is 10.5. The Kier molecular flexibility index (Phi) is 6.66. The predicted molar refractivity (Wildman–Crippen MR) is 112 cm³/mol. The molecule has 1 aromatic carbocycles. The number of nitrogens with one attached hydrogen (secondary N) is 1. The van der Waals surface area contributed by atoms with E-state index in [-0.39, 0.29) is 24.1 Å². The van der Waals surface area contributed by atoms with E-state index in [4.69, 9.17) is 4.74 Å². The van der Waals surface area contributed by atoms with Gasteiger partial charge in [0.15, 0.2) is 0 Å². The van der Waals surface area contributed by atoms with Crippen molar-refractivity contribution in [3.05, 3.63) is 29.7 Å². The number of amides is 1. The van der Waals surface area contributed by atoms with Crippen LogP contribution >= 0.6 is 0 Å². The lowest BCUT2D eigenvalue weighted by Crippen LogP contribution is -2.66. The number of piperidine rings is 1. The molecule has 1 aliphatic rings. The zero-order valence-electron chi connectivity index (χ0n) is 18.5. The number of carbonyl (C=O) groups excluding carboxylic acids is 1. The molecule has 9 heteroatoms. The molecule has 1 atom stereocenters. The number of rotatable bonds is 6. The van der Waals surface area contributed by atoms with E-state index < -0.39 is 17.8 Å². The zero-order valence-corrected chi connectivity index (χ0v) is 18.5. The van der Waals surface area contributed by atoms with Gasteiger partial charge in [0.1, 0.15) is 11.9 Å². The summed E-state index contributed by atoms with van der Waals surface area (Å²) in [5.74, 6) is -0.658. The molecule has 0 bridgehead atoms. The Bertz CT molecular complexity index is 939. The van der Waals surface area contributed by atoms with E-state index in [2.05, 4.69) is 36.1 Å². The number of likely N-dealkylation sites (tertiary alicyclic amines) is 1. The number of hydrogen-bond acceptors (Lipinski definition) is 6. The first-order valence-electron chi connectivity index (χ1n) is 10.5. The molecule has 1 aliphatic heterocycles. The molecule has 8 nitrogen and oxygen atoms in total. The molecular formula is C22H31FN4O4. The fourth-order valence-corrected chi connectivity index (χ4v) is 4.71. The molecule has 1 unspecified atom stereocenters. The lowest BCUT2D eigenvalue weighted by atomic mass is 9.88. The van der Waals surface area contributed by atoms with Crippen molar-refractivity contribution in [2.75, 3.05) is 33.4 Å². The number of quaternary nitrogens is 1. The molecule has 2 aromatic rings. The van der Waals surface area contributed by atoms with Crippen LogP contribution in [0.15, 0.2) is 18.3 Å². The monoisotopic (exact) mass is 434 g/mol. The number of hydrogen-bond donors (Lipinski definition) is 2. The number of aliphatic hydroxyl groups excluding tert-OH is 1. The number of fused-ring (bicyclic) bond motifs is 1. The molecule has 0 saturated carbocycles. The van der Waals surface area contributed by atoms with E-state index in [9.17, 15) is 15.0 Å². The minimum atomic E-state index is -1.26. The van der Waals surface area contributed by atoms with Crippen LogP contribution in [0.4, 0.5) is 9.18 Å². The van der Waals surface area contributed by atoms with E-state index in [1.807, 2.05) is 0 Å². The first-order chi connectivity index (χ1) is 14.6. The fourth-order valence-electron chi connectivity index (χ4n) is 4.71. The molecule has 1 fully saturated rings. The van der Waals surface area contributed by atoms with Crippen LogP contribution in [-0.4, -0.2) is 70.6 Å². The van der Waals surface area contributed by atoms with Crippen molar-refractivity contribution in [1.29, 1.82) is 0 Å². The van der Waals surface area contributed by atoms with Crippen molar-refractivity contribution in [2.24, 2.45) is 0 Å². The van der Waals surface area contributed by atoms with E-state index in [0.29, 0.717) is 53.6 Å². The third kappa shape index (κ3) is 4.72. The molecule has 1 aromatic heterocycles. The van der Waals surface area contributed by atoms with Gasteiger partial charge >= 0.3 is 0 Å². The Morgan fingerprint density at radius 3 is 2.61 bits per heavy atom. The van der Waals surface area contributed by atoms with Gasteiger partial charge in [-0.1, -0.05) is 0 Å². The molecule has 2 heterocycles. The summed E-state index contributed by atoms with van der Waals surface area (Å²) in [6.07, 6.45) is 1.51. The summed E-state index contributed by atoms with van der Waals surface area (Å²) in [5, 5.41) is 23.7. The number of ether oxygens (including phenoxy) is 1. The van der Waals surface area contributed by atoms with Gasteiger partial charge < -0.3 is 29.5 Å². The second-order valence-corrected chi connectivity index (χ2v) is 9.27. The summed E-state index contributed by atoms with van der Waals surface area (Å²) in [6, 6.07) is 2.77. The van der Waals surface area contributed by atoms with Gasteiger partial charge in [-0.2, -0.15) is 0 Å². The third-order valence-electron chi connectivity index (χ3n) is 6.64. The lowest BCUT2D eigenvalue weighted by Gasteiger charge is -2.53. The van der Waals surface area contributed by atoms with E-state index in [1.54, 1.807) is 6.07 Å². The molecule has 2 N–H and O–H groups in total. The van der Waals surface area contributed by atoms with E-state index in [0.717, 1.165) is 0 Å². The van der Waals surface area contributed by atoms with Crippen LogP contribution in [0.25, 0.3) is 11.0 Å². The smallest absolute Gasteiger partial charge is 0.232 e. The number of benzene rings is 1. The van der Waals surface area contributed by atoms with Crippen molar-refractivity contribution in [2.45, 2.75) is 51.1 Å². The number of methoxy groups -OCH3 is 1. The summed E-state index contributed by atoms with van der Waals surface area (Å²) in [6.45, 7) is 8.01. The van der Waals surface area contributed by atoms with E-state index in [1.165, 1.54) is 19.4 Å². The van der Waals surface area contributed by atoms with Crippen molar-refractivity contribution >= 4 is 17.1 Å². The minimum Gasteiger partial charge on any atom is -0.530 e. The number of carboxylic acid groups (broad SMARTS) is 1. The maximum Gasteiger partial charge on any atom is 0.232 e. The molecule has 1 amide bonds. The normalized spacial score (nSPS) is 22.8. The Morgan fingerprint density at radius 2 is 2.06 bits per heavy atom.